The zero-order valence-electron chi connectivity index (χ0n) is 27.1. The number of piperidine rings is 1. The molecule has 2 aliphatic rings. The summed E-state index contributed by atoms with van der Waals surface area (Å²) in [7, 11) is -4.30. The van der Waals surface area contributed by atoms with E-state index in [-0.39, 0.29) is 65.9 Å². The number of nitrogens with zero attached hydrogens (tertiary/aromatic N) is 1. The highest BCUT2D eigenvalue weighted by Gasteiger charge is 2.47. The van der Waals surface area contributed by atoms with Crippen molar-refractivity contribution in [3.63, 3.8) is 0 Å². The molecule has 1 saturated heterocycles. The number of rotatable bonds is 21. The van der Waals surface area contributed by atoms with Gasteiger partial charge >= 0.3 is 0 Å². The molecule has 0 spiro atoms. The van der Waals surface area contributed by atoms with Gasteiger partial charge in [-0.15, -0.1) is 0 Å². The molecule has 2 N–H and O–H groups in total. The monoisotopic (exact) mass is 724 g/mol. The predicted molar refractivity (Wildman–Crippen MR) is 173 cm³/mol. The van der Waals surface area contributed by atoms with E-state index in [1.807, 2.05) is 6.92 Å². The lowest BCUT2D eigenvalue weighted by Crippen LogP contribution is -2.54. The molecule has 0 aromatic heterocycles. The van der Waals surface area contributed by atoms with Crippen molar-refractivity contribution in [2.75, 3.05) is 71.8 Å². The molecule has 1 fully saturated rings. The fourth-order valence-electron chi connectivity index (χ4n) is 5.24. The van der Waals surface area contributed by atoms with Crippen molar-refractivity contribution in [2.45, 2.75) is 42.0 Å². The first kappa shape index (κ1) is 38.5. The highest BCUT2D eigenvalue weighted by atomic mass is 32.2. The summed E-state index contributed by atoms with van der Waals surface area (Å²) in [5.74, 6) is -2.46. The fourth-order valence-corrected chi connectivity index (χ4v) is 7.11. The Kier molecular flexibility index (Phi) is 14.7. The lowest BCUT2D eigenvalue weighted by Gasteiger charge is -2.27. The minimum atomic E-state index is -4.30. The number of hydrogen-bond acceptors (Lipinski definition) is 12. The van der Waals surface area contributed by atoms with Crippen LogP contribution in [0.2, 0.25) is 0 Å². The average molecular weight is 725 g/mol. The van der Waals surface area contributed by atoms with Gasteiger partial charge in [-0.2, -0.15) is 8.42 Å². The van der Waals surface area contributed by atoms with Crippen LogP contribution in [0.1, 0.15) is 44.7 Å². The Hall–Kier alpha value is -3.26. The average Bonchev–Trinajstić information content (AvgIpc) is 3.31. The Morgan fingerprint density at radius 2 is 1.45 bits per heavy atom. The number of ether oxygens (including phenoxy) is 5. The van der Waals surface area contributed by atoms with Gasteiger partial charge in [-0.1, -0.05) is 23.8 Å². The Labute approximate surface area is 287 Å². The number of carbonyl (C=O) groups excluding carboxylic acids is 4. The molecule has 0 saturated carbocycles. The van der Waals surface area contributed by atoms with Gasteiger partial charge in [0.2, 0.25) is 11.8 Å². The molecule has 2 atom stereocenters. The van der Waals surface area contributed by atoms with Crippen LogP contribution in [0.15, 0.2) is 46.2 Å². The Bertz CT molecular complexity index is 1600. The van der Waals surface area contributed by atoms with Crippen molar-refractivity contribution in [3.8, 4) is 0 Å². The van der Waals surface area contributed by atoms with E-state index in [1.54, 1.807) is 12.1 Å². The van der Waals surface area contributed by atoms with Crippen LogP contribution in [0.5, 0.6) is 0 Å². The minimum Gasteiger partial charge on any atom is -0.611 e. The van der Waals surface area contributed by atoms with Gasteiger partial charge in [-0.25, -0.2) is 0 Å². The summed E-state index contributed by atoms with van der Waals surface area (Å²) >= 11 is -1.65. The molecule has 2 aliphatic heterocycles. The summed E-state index contributed by atoms with van der Waals surface area (Å²) in [6.45, 7) is 4.80. The zero-order valence-corrected chi connectivity index (χ0v) is 28.7. The van der Waals surface area contributed by atoms with Crippen LogP contribution in [0.3, 0.4) is 0 Å². The predicted octanol–water partition coefficient (Wildman–Crippen LogP) is 1.08. The first-order chi connectivity index (χ1) is 23.5. The highest BCUT2D eigenvalue weighted by molar-refractivity contribution is 7.91. The standard InChI is InChI=1S/C32H40N2O13S2/c1-22-5-7-27(49(40,41)42)23(21-22)9-10-43-11-12-44-13-14-45-15-16-46-17-18-47-19-20-48(39)26-4-2-3-24-29(26)32(38)34(31(24)37)25-6-8-28(35)33-30(25)36/h2-5,7,21,25H,6,8-20H2,1H3,(H,33,35,36)(H,40,41,42). The van der Waals surface area contributed by atoms with E-state index in [9.17, 15) is 36.7 Å². The van der Waals surface area contributed by atoms with E-state index in [2.05, 4.69) is 5.32 Å². The summed E-state index contributed by atoms with van der Waals surface area (Å²) in [6.07, 6.45) is 0.376. The van der Waals surface area contributed by atoms with Crippen molar-refractivity contribution in [3.05, 3.63) is 58.7 Å². The Morgan fingerprint density at radius 3 is 2.04 bits per heavy atom. The van der Waals surface area contributed by atoms with Crippen LogP contribution >= 0.6 is 0 Å². The Morgan fingerprint density at radius 1 is 0.857 bits per heavy atom. The summed E-state index contributed by atoms with van der Waals surface area (Å²) in [6, 6.07) is 8.10. The number of nitrogens with one attached hydrogen (secondary N) is 1. The van der Waals surface area contributed by atoms with E-state index in [1.165, 1.54) is 24.3 Å². The second kappa shape index (κ2) is 18.7. The van der Waals surface area contributed by atoms with E-state index in [0.29, 0.717) is 51.6 Å². The Balaban J connectivity index is 1.01. The molecule has 2 aromatic rings. The van der Waals surface area contributed by atoms with Gasteiger partial charge in [0.15, 0.2) is 4.90 Å². The molecule has 15 nitrogen and oxygen atoms in total. The number of carbonyl (C=O) groups is 4. The van der Waals surface area contributed by atoms with Gasteiger partial charge in [0.05, 0.1) is 76.5 Å². The first-order valence-electron chi connectivity index (χ1n) is 15.7. The quantitative estimate of drug-likeness (QED) is 0.0801. The lowest BCUT2D eigenvalue weighted by molar-refractivity contribution is -0.136. The van der Waals surface area contributed by atoms with Gasteiger partial charge in [0.25, 0.3) is 21.9 Å². The van der Waals surface area contributed by atoms with Gasteiger partial charge in [-0.3, -0.25) is 33.9 Å². The first-order valence-corrected chi connectivity index (χ1v) is 18.4. The van der Waals surface area contributed by atoms with Gasteiger partial charge in [-0.05, 0) is 54.7 Å². The third kappa shape index (κ3) is 10.9. The fraction of sp³-hybridized carbons (Fsp3) is 0.500. The van der Waals surface area contributed by atoms with Crippen LogP contribution in [-0.4, -0.2) is 124 Å². The molecule has 2 aromatic carbocycles. The zero-order chi connectivity index (χ0) is 35.4. The molecule has 2 heterocycles. The molecular weight excluding hydrogens is 684 g/mol. The topological polar surface area (TPSA) is 207 Å². The summed E-state index contributed by atoms with van der Waals surface area (Å²) in [5.41, 5.74) is 1.45. The lowest BCUT2D eigenvalue weighted by atomic mass is 10.0. The van der Waals surface area contributed by atoms with E-state index >= 15 is 0 Å². The second-order valence-electron chi connectivity index (χ2n) is 11.1. The third-order valence-corrected chi connectivity index (χ3v) is 9.91. The van der Waals surface area contributed by atoms with E-state index in [4.69, 9.17) is 23.7 Å². The minimum absolute atomic E-state index is 0.00522. The third-order valence-electron chi connectivity index (χ3n) is 7.59. The maximum Gasteiger partial charge on any atom is 0.294 e. The van der Waals surface area contributed by atoms with E-state index in [0.717, 1.165) is 10.5 Å². The summed E-state index contributed by atoms with van der Waals surface area (Å²) in [4.78, 5) is 50.9. The van der Waals surface area contributed by atoms with Crippen molar-refractivity contribution in [1.29, 1.82) is 0 Å². The molecule has 2 unspecified atom stereocenters. The van der Waals surface area contributed by atoms with Gasteiger partial charge in [0.1, 0.15) is 17.4 Å². The van der Waals surface area contributed by atoms with Gasteiger partial charge < -0.3 is 28.2 Å². The van der Waals surface area contributed by atoms with Crippen LogP contribution in [0.25, 0.3) is 0 Å². The van der Waals surface area contributed by atoms with Crippen LogP contribution < -0.4 is 5.32 Å². The second-order valence-corrected chi connectivity index (χ2v) is 14.0. The van der Waals surface area contributed by atoms with Crippen molar-refractivity contribution in [2.24, 2.45) is 0 Å². The number of hydrogen-bond donors (Lipinski definition) is 2. The van der Waals surface area contributed by atoms with Crippen molar-refractivity contribution < 1.29 is 60.4 Å². The van der Waals surface area contributed by atoms with Crippen LogP contribution in [0.4, 0.5) is 0 Å². The maximum absolute atomic E-state index is 13.2. The molecule has 17 heteroatoms. The van der Waals surface area contributed by atoms with Crippen LogP contribution in [0, 0.1) is 6.92 Å². The molecule has 0 bridgehead atoms. The smallest absolute Gasteiger partial charge is 0.294 e. The normalized spacial score (nSPS) is 17.0. The van der Waals surface area contributed by atoms with Crippen molar-refractivity contribution in [1.82, 2.24) is 10.2 Å². The van der Waals surface area contributed by atoms with Crippen LogP contribution in [-0.2, 0) is 61.0 Å². The largest absolute Gasteiger partial charge is 0.611 e. The number of imide groups is 2. The summed E-state index contributed by atoms with van der Waals surface area (Å²) < 4.78 is 72.8. The number of aryl methyl sites for hydroxylation is 1. The molecule has 0 radical (unpaired) electrons. The molecule has 4 rings (SSSR count). The van der Waals surface area contributed by atoms with Crippen molar-refractivity contribution >= 4 is 44.9 Å². The molecule has 49 heavy (non-hydrogen) atoms. The molecule has 0 aliphatic carbocycles. The molecular formula is C32H40N2O13S2. The highest BCUT2D eigenvalue weighted by Crippen LogP contribution is 2.32. The SMILES string of the molecule is Cc1ccc(S(=O)(=O)O)c(CCOCCOCCOCCOCCOCC[S+]([O-])c2cccc3c2C(=O)N(C2CCC(=O)NC2=O)C3=O)c1. The number of fused-ring (bicyclic) bond motifs is 1. The number of amides is 4. The maximum atomic E-state index is 13.2. The molecule has 268 valence electrons. The van der Waals surface area contributed by atoms with E-state index < -0.39 is 51.0 Å². The van der Waals surface area contributed by atoms with Gasteiger partial charge in [0, 0.05) is 6.42 Å². The summed E-state index contributed by atoms with van der Waals surface area (Å²) in [5, 5.41) is 2.15. The molecule has 4 amide bonds. The number of benzene rings is 2.